The SMILES string of the molecule is CCCN(CC(=O)Nc1ccc(Cl)cc1Cl)CC1=C(C(=O)OCC)C(CC)NC(=O)N1. The van der Waals surface area contributed by atoms with Crippen LogP contribution in [-0.4, -0.2) is 55.1 Å². The Morgan fingerprint density at radius 2 is 1.97 bits per heavy atom. The maximum atomic E-state index is 12.6. The van der Waals surface area contributed by atoms with Crippen molar-refractivity contribution in [2.45, 2.75) is 39.7 Å². The number of carbonyl (C=O) groups excluding carboxylic acids is 3. The van der Waals surface area contributed by atoms with Gasteiger partial charge < -0.3 is 20.7 Å². The molecule has 2 rings (SSSR count). The number of esters is 1. The molecular formula is C21H28Cl2N4O4. The zero-order chi connectivity index (χ0) is 23.0. The number of nitrogens with zero attached hydrogens (tertiary/aromatic N) is 1. The number of nitrogens with one attached hydrogen (secondary N) is 3. The van der Waals surface area contributed by atoms with E-state index in [1.165, 1.54) is 0 Å². The second-order valence-corrected chi connectivity index (χ2v) is 7.90. The number of benzene rings is 1. The Hall–Kier alpha value is -2.29. The van der Waals surface area contributed by atoms with Gasteiger partial charge in [-0.25, -0.2) is 9.59 Å². The van der Waals surface area contributed by atoms with E-state index < -0.39 is 12.0 Å². The highest BCUT2D eigenvalue weighted by molar-refractivity contribution is 6.36. The lowest BCUT2D eigenvalue weighted by molar-refractivity contribution is -0.139. The molecule has 1 aromatic carbocycles. The highest BCUT2D eigenvalue weighted by atomic mass is 35.5. The van der Waals surface area contributed by atoms with Crippen molar-refractivity contribution in [1.82, 2.24) is 15.5 Å². The van der Waals surface area contributed by atoms with Gasteiger partial charge in [0, 0.05) is 17.3 Å². The second-order valence-electron chi connectivity index (χ2n) is 7.05. The van der Waals surface area contributed by atoms with Crippen LogP contribution in [-0.2, 0) is 14.3 Å². The van der Waals surface area contributed by atoms with E-state index in [1.54, 1.807) is 25.1 Å². The van der Waals surface area contributed by atoms with Crippen molar-refractivity contribution < 1.29 is 19.1 Å². The molecule has 1 heterocycles. The number of anilines is 1. The average Bonchev–Trinajstić information content (AvgIpc) is 2.69. The molecule has 10 heteroatoms. The molecule has 0 spiro atoms. The van der Waals surface area contributed by atoms with Crippen molar-refractivity contribution in [3.63, 3.8) is 0 Å². The van der Waals surface area contributed by atoms with Gasteiger partial charge in [0.05, 0.1) is 35.5 Å². The highest BCUT2D eigenvalue weighted by Crippen LogP contribution is 2.25. The third-order valence-corrected chi connectivity index (χ3v) is 5.19. The molecule has 8 nitrogen and oxygen atoms in total. The van der Waals surface area contributed by atoms with Crippen molar-refractivity contribution in [3.05, 3.63) is 39.5 Å². The molecule has 0 saturated carbocycles. The lowest BCUT2D eigenvalue weighted by Gasteiger charge is -2.31. The predicted molar refractivity (Wildman–Crippen MR) is 121 cm³/mol. The second kappa shape index (κ2) is 11.9. The predicted octanol–water partition coefficient (Wildman–Crippen LogP) is 3.55. The van der Waals surface area contributed by atoms with Gasteiger partial charge in [0.2, 0.25) is 5.91 Å². The quantitative estimate of drug-likeness (QED) is 0.454. The lowest BCUT2D eigenvalue weighted by Crippen LogP contribution is -2.52. The van der Waals surface area contributed by atoms with Crippen LogP contribution in [0.15, 0.2) is 29.5 Å². The van der Waals surface area contributed by atoms with E-state index in [-0.39, 0.29) is 31.6 Å². The van der Waals surface area contributed by atoms with Gasteiger partial charge in [-0.15, -0.1) is 0 Å². The Bertz CT molecular complexity index is 860. The monoisotopic (exact) mass is 470 g/mol. The summed E-state index contributed by atoms with van der Waals surface area (Å²) in [5.41, 5.74) is 1.28. The average molecular weight is 471 g/mol. The number of rotatable bonds is 10. The minimum atomic E-state index is -0.481. The molecule has 0 aliphatic carbocycles. The lowest BCUT2D eigenvalue weighted by atomic mass is 10.00. The van der Waals surface area contributed by atoms with Crippen LogP contribution >= 0.6 is 23.2 Å². The van der Waals surface area contributed by atoms with Crippen LogP contribution < -0.4 is 16.0 Å². The van der Waals surface area contributed by atoms with Crippen molar-refractivity contribution in [2.75, 3.05) is 31.6 Å². The molecular weight excluding hydrogens is 443 g/mol. The zero-order valence-corrected chi connectivity index (χ0v) is 19.4. The number of amides is 3. The summed E-state index contributed by atoms with van der Waals surface area (Å²) in [6, 6.07) is 3.98. The van der Waals surface area contributed by atoms with E-state index in [1.807, 2.05) is 18.7 Å². The molecule has 0 bridgehead atoms. The minimum Gasteiger partial charge on any atom is -0.463 e. The van der Waals surface area contributed by atoms with Crippen molar-refractivity contribution in [3.8, 4) is 0 Å². The van der Waals surface area contributed by atoms with Crippen molar-refractivity contribution >= 4 is 46.8 Å². The number of ether oxygens (including phenoxy) is 1. The first-order valence-electron chi connectivity index (χ1n) is 10.2. The van der Waals surface area contributed by atoms with Crippen molar-refractivity contribution in [1.29, 1.82) is 0 Å². The topological polar surface area (TPSA) is 99.8 Å². The van der Waals surface area contributed by atoms with E-state index >= 15 is 0 Å². The fourth-order valence-corrected chi connectivity index (χ4v) is 3.78. The molecule has 170 valence electrons. The first-order valence-corrected chi connectivity index (χ1v) is 11.0. The van der Waals surface area contributed by atoms with E-state index in [2.05, 4.69) is 16.0 Å². The maximum Gasteiger partial charge on any atom is 0.337 e. The van der Waals surface area contributed by atoms with Gasteiger partial charge in [0.15, 0.2) is 0 Å². The van der Waals surface area contributed by atoms with Gasteiger partial charge in [-0.1, -0.05) is 37.0 Å². The van der Waals surface area contributed by atoms with Gasteiger partial charge in [-0.3, -0.25) is 9.69 Å². The maximum absolute atomic E-state index is 12.6. The Kier molecular flexibility index (Phi) is 9.61. The minimum absolute atomic E-state index is 0.0481. The Labute approximate surface area is 192 Å². The van der Waals surface area contributed by atoms with Crippen LogP contribution in [0.4, 0.5) is 10.5 Å². The standard InChI is InChI=1S/C21H28Cl2N4O4/c1-4-9-27(12-18(28)24-16-8-7-13(22)10-14(16)23)11-17-19(20(29)31-6-3)15(5-2)25-21(30)26-17/h7-8,10,15H,4-6,9,11-12H2,1-3H3,(H,24,28)(H2,25,26,30). The summed E-state index contributed by atoms with van der Waals surface area (Å²) < 4.78 is 5.19. The van der Waals surface area contributed by atoms with Gasteiger partial charge >= 0.3 is 12.0 Å². The van der Waals surface area contributed by atoms with Gasteiger partial charge in [0.25, 0.3) is 0 Å². The summed E-state index contributed by atoms with van der Waals surface area (Å²) in [4.78, 5) is 39.1. The number of carbonyl (C=O) groups is 3. The van der Waals surface area contributed by atoms with Gasteiger partial charge in [-0.2, -0.15) is 0 Å². The fraction of sp³-hybridized carbons (Fsp3) is 0.476. The van der Waals surface area contributed by atoms with Crippen LogP contribution in [0.25, 0.3) is 0 Å². The Balaban J connectivity index is 2.20. The number of hydrogen-bond acceptors (Lipinski definition) is 5. The van der Waals surface area contributed by atoms with Crippen LogP contribution in [0.2, 0.25) is 10.0 Å². The summed E-state index contributed by atoms with van der Waals surface area (Å²) >= 11 is 12.0. The molecule has 1 atom stereocenters. The molecule has 1 aromatic rings. The molecule has 0 aromatic heterocycles. The van der Waals surface area contributed by atoms with E-state index in [4.69, 9.17) is 27.9 Å². The largest absolute Gasteiger partial charge is 0.463 e. The van der Waals surface area contributed by atoms with Gasteiger partial charge in [-0.05, 0) is 44.5 Å². The third-order valence-electron chi connectivity index (χ3n) is 4.64. The van der Waals surface area contributed by atoms with Crippen LogP contribution in [0, 0.1) is 0 Å². The fourth-order valence-electron chi connectivity index (χ4n) is 3.32. The number of urea groups is 1. The first kappa shape index (κ1) is 25.0. The summed E-state index contributed by atoms with van der Waals surface area (Å²) in [6.07, 6.45) is 1.31. The summed E-state index contributed by atoms with van der Waals surface area (Å²) in [6.45, 7) is 6.66. The molecule has 3 amide bonds. The molecule has 1 aliphatic rings. The first-order chi connectivity index (χ1) is 14.8. The molecule has 31 heavy (non-hydrogen) atoms. The summed E-state index contributed by atoms with van der Waals surface area (Å²) in [5.74, 6) is -0.756. The Morgan fingerprint density at radius 1 is 1.23 bits per heavy atom. The number of hydrogen-bond donors (Lipinski definition) is 3. The summed E-state index contributed by atoms with van der Waals surface area (Å²) in [5, 5.41) is 9.04. The molecule has 0 fully saturated rings. The van der Waals surface area contributed by atoms with E-state index in [9.17, 15) is 14.4 Å². The highest BCUT2D eigenvalue weighted by Gasteiger charge is 2.32. The third kappa shape index (κ3) is 7.12. The molecule has 3 N–H and O–H groups in total. The molecule has 0 saturated heterocycles. The van der Waals surface area contributed by atoms with E-state index in [0.29, 0.717) is 40.0 Å². The van der Waals surface area contributed by atoms with Gasteiger partial charge in [0.1, 0.15) is 0 Å². The smallest absolute Gasteiger partial charge is 0.337 e. The summed E-state index contributed by atoms with van der Waals surface area (Å²) in [7, 11) is 0. The number of halogens is 2. The van der Waals surface area contributed by atoms with E-state index in [0.717, 1.165) is 6.42 Å². The zero-order valence-electron chi connectivity index (χ0n) is 17.9. The van der Waals surface area contributed by atoms with Crippen molar-refractivity contribution in [2.24, 2.45) is 0 Å². The molecule has 1 unspecified atom stereocenters. The molecule has 0 radical (unpaired) electrons. The Morgan fingerprint density at radius 3 is 2.58 bits per heavy atom. The van der Waals surface area contributed by atoms with Crippen LogP contribution in [0.3, 0.4) is 0 Å². The normalized spacial score (nSPS) is 16.1. The van der Waals surface area contributed by atoms with Crippen LogP contribution in [0.5, 0.6) is 0 Å². The molecule has 1 aliphatic heterocycles. The van der Waals surface area contributed by atoms with Crippen LogP contribution in [0.1, 0.15) is 33.6 Å².